The highest BCUT2D eigenvalue weighted by atomic mass is 19.4. The third-order valence-corrected chi connectivity index (χ3v) is 6.42. The molecule has 0 atom stereocenters. The second kappa shape index (κ2) is 10.5. The second-order valence-electron chi connectivity index (χ2n) is 9.10. The minimum atomic E-state index is -5.17. The molecule has 3 heterocycles. The average molecular weight is 576 g/mol. The predicted molar refractivity (Wildman–Crippen MR) is 131 cm³/mol. The molecule has 1 aliphatic rings. The van der Waals surface area contributed by atoms with Crippen LogP contribution in [-0.2, 0) is 31.6 Å². The van der Waals surface area contributed by atoms with Crippen LogP contribution in [0, 0.1) is 11.6 Å². The third-order valence-electron chi connectivity index (χ3n) is 6.42. The lowest BCUT2D eigenvalue weighted by Gasteiger charge is -2.15. The predicted octanol–water partition coefficient (Wildman–Crippen LogP) is 7.13. The van der Waals surface area contributed by atoms with Crippen LogP contribution in [-0.4, -0.2) is 26.9 Å². The lowest BCUT2D eigenvalue weighted by atomic mass is 9.95. The maximum Gasteiger partial charge on any atom is 0.416 e. The van der Waals surface area contributed by atoms with Gasteiger partial charge in [-0.05, 0) is 42.0 Å². The Morgan fingerprint density at radius 2 is 1.59 bits per heavy atom. The number of nitrogens with zero attached hydrogens (tertiary/aromatic N) is 4. The Balaban J connectivity index is 1.49. The number of hydrogen-bond acceptors (Lipinski definition) is 5. The zero-order valence-electron chi connectivity index (χ0n) is 20.6. The summed E-state index contributed by atoms with van der Waals surface area (Å²) in [4.78, 5) is 29.7. The molecule has 0 spiro atoms. The van der Waals surface area contributed by atoms with Gasteiger partial charge in [-0.15, -0.1) is 0 Å². The van der Waals surface area contributed by atoms with Crippen molar-refractivity contribution in [3.63, 3.8) is 0 Å². The van der Waals surface area contributed by atoms with Crippen molar-refractivity contribution in [1.82, 2.24) is 15.0 Å². The Morgan fingerprint density at radius 3 is 2.27 bits per heavy atom. The van der Waals surface area contributed by atoms with E-state index in [9.17, 15) is 35.5 Å². The number of carbonyl (C=O) groups is 1. The highest BCUT2D eigenvalue weighted by Gasteiger charge is 2.37. The van der Waals surface area contributed by atoms with Crippen LogP contribution < -0.4 is 0 Å². The number of halogens is 8. The number of hydrogen-bond donors (Lipinski definition) is 0. The quantitative estimate of drug-likeness (QED) is 0.181. The Bertz CT molecular complexity index is 1660. The Labute approximate surface area is 226 Å². The van der Waals surface area contributed by atoms with E-state index in [1.54, 1.807) is 18.3 Å². The van der Waals surface area contributed by atoms with Crippen LogP contribution in [0.3, 0.4) is 0 Å². The fraction of sp³-hybridized carbons (Fsp3) is 0.179. The monoisotopic (exact) mass is 576 g/mol. The van der Waals surface area contributed by atoms with Crippen LogP contribution in [0.15, 0.2) is 60.0 Å². The summed E-state index contributed by atoms with van der Waals surface area (Å²) in [5.41, 5.74) is -3.01. The molecule has 0 aliphatic carbocycles. The maximum absolute atomic E-state index is 15.6. The number of ketones is 1. The summed E-state index contributed by atoms with van der Waals surface area (Å²) in [6.45, 7) is 0. The molecule has 0 N–H and O–H groups in total. The summed E-state index contributed by atoms with van der Waals surface area (Å²) in [6.07, 6.45) is -6.80. The standard InChI is InChI=1S/C28H16F8N4O/c29-20-4-3-14(10-23(41)15-8-16(27(31,32)33)11-17(9-15)28(34,35)36)24(30)19(20)12-22-18(2-1-6-37-22)25-26-21(5-7-38-26)39-13-40-25/h1-4,6-9,11,13H,5,10,12H2. The van der Waals surface area contributed by atoms with Gasteiger partial charge >= 0.3 is 12.4 Å². The summed E-state index contributed by atoms with van der Waals surface area (Å²) in [7, 11) is 0. The molecule has 1 aliphatic heterocycles. The molecule has 0 radical (unpaired) electrons. The topological polar surface area (TPSA) is 68.1 Å². The molecule has 0 fully saturated rings. The summed E-state index contributed by atoms with van der Waals surface area (Å²) >= 11 is 0. The second-order valence-corrected chi connectivity index (χ2v) is 9.10. The Morgan fingerprint density at radius 1 is 0.878 bits per heavy atom. The highest BCUT2D eigenvalue weighted by molar-refractivity contribution is 5.98. The van der Waals surface area contributed by atoms with Gasteiger partial charge in [-0.25, -0.2) is 18.7 Å². The van der Waals surface area contributed by atoms with Crippen molar-refractivity contribution in [1.29, 1.82) is 0 Å². The number of alkyl halides is 6. The molecule has 13 heteroatoms. The van der Waals surface area contributed by atoms with E-state index in [2.05, 4.69) is 19.9 Å². The highest BCUT2D eigenvalue weighted by Crippen LogP contribution is 2.37. The number of aromatic nitrogens is 3. The van der Waals surface area contributed by atoms with Crippen molar-refractivity contribution in [2.24, 2.45) is 4.99 Å². The van der Waals surface area contributed by atoms with Gasteiger partial charge < -0.3 is 0 Å². The molecule has 5 rings (SSSR count). The van der Waals surface area contributed by atoms with Crippen LogP contribution in [0.25, 0.3) is 11.3 Å². The van der Waals surface area contributed by atoms with Crippen molar-refractivity contribution < 1.29 is 39.9 Å². The fourth-order valence-electron chi connectivity index (χ4n) is 4.42. The number of fused-ring (bicyclic) bond motifs is 1. The molecule has 0 bridgehead atoms. The van der Waals surface area contributed by atoms with Gasteiger partial charge in [0, 0.05) is 48.4 Å². The van der Waals surface area contributed by atoms with Crippen molar-refractivity contribution in [3.8, 4) is 11.3 Å². The van der Waals surface area contributed by atoms with Crippen LogP contribution in [0.5, 0.6) is 0 Å². The van der Waals surface area contributed by atoms with Crippen molar-refractivity contribution >= 4 is 17.7 Å². The molecule has 41 heavy (non-hydrogen) atoms. The van der Waals surface area contributed by atoms with Crippen molar-refractivity contribution in [2.75, 3.05) is 0 Å². The van der Waals surface area contributed by atoms with Gasteiger partial charge in [0.15, 0.2) is 5.78 Å². The minimum absolute atomic E-state index is 0.115. The van der Waals surface area contributed by atoms with Gasteiger partial charge in [0.25, 0.3) is 0 Å². The number of aliphatic imine (C=N–C) groups is 1. The Kier molecular flexibility index (Phi) is 7.14. The van der Waals surface area contributed by atoms with Gasteiger partial charge in [0.05, 0.1) is 22.5 Å². The first-order valence-electron chi connectivity index (χ1n) is 11.9. The van der Waals surface area contributed by atoms with E-state index < -0.39 is 70.4 Å². The minimum Gasteiger partial charge on any atom is -0.294 e. The molecule has 0 amide bonds. The number of Topliss-reactive ketones (excluding diaryl/α,β-unsaturated/α-hetero) is 1. The number of carbonyl (C=O) groups excluding carboxylic acids is 1. The van der Waals surface area contributed by atoms with E-state index >= 15 is 4.39 Å². The maximum atomic E-state index is 15.6. The SMILES string of the molecule is O=C(Cc1ccc(F)c(Cc2ncccc2-c2ncnc3c2N=CC3)c1F)c1cc(C(F)(F)F)cc(C(F)(F)F)c1. The van der Waals surface area contributed by atoms with E-state index in [-0.39, 0.29) is 23.9 Å². The summed E-state index contributed by atoms with van der Waals surface area (Å²) in [5.74, 6) is -3.38. The number of benzene rings is 2. The van der Waals surface area contributed by atoms with Crippen LogP contribution >= 0.6 is 0 Å². The molecule has 0 unspecified atom stereocenters. The van der Waals surface area contributed by atoms with Crippen LogP contribution in [0.1, 0.15) is 44.0 Å². The van der Waals surface area contributed by atoms with Crippen molar-refractivity contribution in [3.05, 3.63) is 106 Å². The van der Waals surface area contributed by atoms with Gasteiger partial charge in [-0.1, -0.05) is 6.07 Å². The van der Waals surface area contributed by atoms with Crippen LogP contribution in [0.2, 0.25) is 0 Å². The number of rotatable bonds is 6. The lowest BCUT2D eigenvalue weighted by molar-refractivity contribution is -0.143. The molecule has 2 aromatic carbocycles. The average Bonchev–Trinajstić information content (AvgIpc) is 3.41. The molecular weight excluding hydrogens is 560 g/mol. The zero-order valence-corrected chi connectivity index (χ0v) is 20.6. The van der Waals surface area contributed by atoms with Gasteiger partial charge in [0.2, 0.25) is 0 Å². The normalized spacial score (nSPS) is 13.0. The lowest BCUT2D eigenvalue weighted by Crippen LogP contribution is -2.15. The molecular formula is C28H16F8N4O. The summed E-state index contributed by atoms with van der Waals surface area (Å²) < 4.78 is 110. The van der Waals surface area contributed by atoms with Gasteiger partial charge in [-0.2, -0.15) is 26.3 Å². The van der Waals surface area contributed by atoms with Gasteiger partial charge in [-0.3, -0.25) is 14.8 Å². The summed E-state index contributed by atoms with van der Waals surface area (Å²) in [6, 6.07) is 5.42. The van der Waals surface area contributed by atoms with E-state index in [1.807, 2.05) is 0 Å². The van der Waals surface area contributed by atoms with E-state index in [1.165, 1.54) is 12.5 Å². The largest absolute Gasteiger partial charge is 0.416 e. The fourth-order valence-corrected chi connectivity index (χ4v) is 4.42. The third kappa shape index (κ3) is 5.70. The van der Waals surface area contributed by atoms with Crippen molar-refractivity contribution in [2.45, 2.75) is 31.6 Å². The van der Waals surface area contributed by atoms with E-state index in [0.717, 1.165) is 12.1 Å². The number of pyridine rings is 1. The first-order chi connectivity index (χ1) is 19.3. The molecule has 0 saturated carbocycles. The van der Waals surface area contributed by atoms with E-state index in [0.29, 0.717) is 29.1 Å². The zero-order chi connectivity index (χ0) is 29.5. The Hall–Kier alpha value is -4.55. The van der Waals surface area contributed by atoms with Crippen LogP contribution in [0.4, 0.5) is 40.8 Å². The molecule has 5 nitrogen and oxygen atoms in total. The molecule has 210 valence electrons. The molecule has 4 aromatic rings. The first kappa shape index (κ1) is 28.0. The first-order valence-corrected chi connectivity index (χ1v) is 11.9. The molecule has 0 saturated heterocycles. The van der Waals surface area contributed by atoms with E-state index in [4.69, 9.17) is 0 Å². The van der Waals surface area contributed by atoms with Gasteiger partial charge in [0.1, 0.15) is 29.3 Å². The molecule has 2 aromatic heterocycles. The summed E-state index contributed by atoms with van der Waals surface area (Å²) in [5, 5.41) is 0. The smallest absolute Gasteiger partial charge is 0.294 e.